The van der Waals surface area contributed by atoms with Crippen LogP contribution in [0.2, 0.25) is 0 Å². The van der Waals surface area contributed by atoms with Crippen molar-refractivity contribution in [2.75, 3.05) is 6.54 Å². The fourth-order valence-corrected chi connectivity index (χ4v) is 3.57. The van der Waals surface area contributed by atoms with E-state index in [1.54, 1.807) is 18.2 Å². The van der Waals surface area contributed by atoms with E-state index in [-0.39, 0.29) is 23.8 Å². The zero-order valence-corrected chi connectivity index (χ0v) is 14.7. The van der Waals surface area contributed by atoms with Crippen molar-refractivity contribution in [2.24, 2.45) is 5.73 Å². The zero-order valence-electron chi connectivity index (χ0n) is 13.8. The lowest BCUT2D eigenvalue weighted by atomic mass is 10.0. The van der Waals surface area contributed by atoms with E-state index in [0.29, 0.717) is 0 Å². The molecule has 130 valence electrons. The normalized spacial score (nSPS) is 12.2. The van der Waals surface area contributed by atoms with Gasteiger partial charge in [0, 0.05) is 28.7 Å². The van der Waals surface area contributed by atoms with Crippen LogP contribution in [0.1, 0.15) is 5.69 Å². The second kappa shape index (κ2) is 7.21. The van der Waals surface area contributed by atoms with Crippen molar-refractivity contribution in [1.82, 2.24) is 4.57 Å². The Morgan fingerprint density at radius 2 is 1.96 bits per heavy atom. The number of benzene rings is 2. The van der Waals surface area contributed by atoms with Crippen molar-refractivity contribution < 1.29 is 12.8 Å². The molecule has 0 fully saturated rings. The first-order chi connectivity index (χ1) is 12.0. The minimum Gasteiger partial charge on any atom is -0.337 e. The summed E-state index contributed by atoms with van der Waals surface area (Å²) in [5, 5.41) is 0.957. The maximum Gasteiger partial charge on any atom is 0.168 e. The lowest BCUT2D eigenvalue weighted by Gasteiger charge is -2.08. The topological polar surface area (TPSA) is 65.1 Å². The molecule has 6 heteroatoms. The van der Waals surface area contributed by atoms with E-state index < -0.39 is 10.7 Å². The Kier molecular flexibility index (Phi) is 5.01. The van der Waals surface area contributed by atoms with Gasteiger partial charge < -0.3 is 10.3 Å². The molecule has 2 aromatic carbocycles. The number of rotatable bonds is 5. The molecule has 1 heterocycles. The monoisotopic (exact) mass is 358 g/mol. The summed E-state index contributed by atoms with van der Waals surface area (Å²) >= 11 is 0. The Balaban J connectivity index is 2.24. The number of aromatic nitrogens is 1. The van der Waals surface area contributed by atoms with Crippen molar-refractivity contribution in [3.8, 4) is 11.1 Å². The molecule has 0 amide bonds. The molecule has 1 aromatic heterocycles. The van der Waals surface area contributed by atoms with Crippen LogP contribution >= 0.6 is 0 Å². The molecule has 0 bridgehead atoms. The number of fused-ring (bicyclic) bond motifs is 1. The molecule has 25 heavy (non-hydrogen) atoms. The van der Waals surface area contributed by atoms with Crippen LogP contribution in [0.15, 0.2) is 65.3 Å². The fraction of sp³-hybridized carbons (Fsp3) is 0.158. The van der Waals surface area contributed by atoms with Gasteiger partial charge in [0.15, 0.2) is 10.7 Å². The van der Waals surface area contributed by atoms with Gasteiger partial charge in [-0.25, -0.2) is 12.8 Å². The lowest BCUT2D eigenvalue weighted by molar-refractivity contribution is 0.555. The Bertz CT molecular complexity index is 1030. The summed E-state index contributed by atoms with van der Waals surface area (Å²) in [4.78, 5) is 0.262. The van der Waals surface area contributed by atoms with E-state index in [0.717, 1.165) is 27.7 Å². The number of halogens is 1. The smallest absolute Gasteiger partial charge is 0.168 e. The highest BCUT2D eigenvalue weighted by Crippen LogP contribution is 2.35. The van der Waals surface area contributed by atoms with Gasteiger partial charge in [-0.05, 0) is 36.8 Å². The molecule has 4 nitrogen and oxygen atoms in total. The molecule has 0 unspecified atom stereocenters. The number of hydrogen-bond acceptors (Lipinski definition) is 3. The Morgan fingerprint density at radius 1 is 1.20 bits per heavy atom. The van der Waals surface area contributed by atoms with E-state index in [1.807, 2.05) is 41.8 Å². The van der Waals surface area contributed by atoms with Crippen LogP contribution in [-0.2, 0) is 17.2 Å². The second-order valence-electron chi connectivity index (χ2n) is 5.76. The van der Waals surface area contributed by atoms with E-state index >= 15 is 0 Å². The highest BCUT2D eigenvalue weighted by molar-refractivity contribution is 7.72. The lowest BCUT2D eigenvalue weighted by Crippen LogP contribution is -2.03. The molecule has 3 aromatic rings. The molecular formula is C19H19FN2O2S. The number of para-hydroxylation sites is 1. The third-order valence-corrected chi connectivity index (χ3v) is 4.92. The quantitative estimate of drug-likeness (QED) is 0.687. The van der Waals surface area contributed by atoms with Crippen LogP contribution in [0.3, 0.4) is 0 Å². The summed E-state index contributed by atoms with van der Waals surface area (Å²) in [6, 6.07) is 14.5. The van der Waals surface area contributed by atoms with Gasteiger partial charge in [-0.15, -0.1) is 0 Å². The second-order valence-corrected chi connectivity index (χ2v) is 6.79. The predicted octanol–water partition coefficient (Wildman–Crippen LogP) is 3.40. The maximum absolute atomic E-state index is 14.1. The molecule has 0 spiro atoms. The summed E-state index contributed by atoms with van der Waals surface area (Å²) in [6.45, 7) is 2.16. The van der Waals surface area contributed by atoms with Crippen molar-refractivity contribution in [3.05, 3.63) is 66.1 Å². The van der Waals surface area contributed by atoms with E-state index in [2.05, 4.69) is 0 Å². The summed E-state index contributed by atoms with van der Waals surface area (Å²) in [7, 11) is -2.66. The van der Waals surface area contributed by atoms with Crippen molar-refractivity contribution in [3.63, 3.8) is 0 Å². The van der Waals surface area contributed by atoms with Gasteiger partial charge in [0.25, 0.3) is 0 Å². The summed E-state index contributed by atoms with van der Waals surface area (Å²) in [5.74, 6) is -0.297. The Hall–Kier alpha value is -2.44. The number of nitrogens with zero attached hydrogens (tertiary/aromatic N) is 1. The molecule has 0 radical (unpaired) electrons. The molecule has 0 atom stereocenters. The zero-order chi connectivity index (χ0) is 18.0. The molecule has 0 aliphatic heterocycles. The molecule has 0 saturated carbocycles. The first-order valence-corrected chi connectivity index (χ1v) is 9.08. The third kappa shape index (κ3) is 3.36. The first-order valence-electron chi connectivity index (χ1n) is 7.90. The number of hydrogen-bond donors (Lipinski definition) is 2. The number of allylic oxidation sites excluding steroid dienone is 1. The largest absolute Gasteiger partial charge is 0.337 e. The number of thiol groups is 1. The predicted molar refractivity (Wildman–Crippen MR) is 98.9 cm³/mol. The van der Waals surface area contributed by atoms with E-state index in [4.69, 9.17) is 5.73 Å². The van der Waals surface area contributed by atoms with Crippen molar-refractivity contribution in [1.29, 1.82) is 0 Å². The average Bonchev–Trinajstić information content (AvgIpc) is 2.87. The highest BCUT2D eigenvalue weighted by Gasteiger charge is 2.16. The van der Waals surface area contributed by atoms with Crippen molar-refractivity contribution in [2.45, 2.75) is 18.4 Å². The van der Waals surface area contributed by atoms with Gasteiger partial charge in [0.05, 0.1) is 11.4 Å². The molecule has 2 N–H and O–H groups in total. The Labute approximate surface area is 147 Å². The standard InChI is InChI=1S/C19H19FN2O2S/c1-13-19(14-5-4-6-16(11-14)25(23)24)17-7-2-3-8-18(17)22(13)12-15(20)9-10-21/h2-9,11,25H,10,12,21H2,1H3/b15-9-. The molecule has 0 aliphatic rings. The molecule has 0 aliphatic carbocycles. The van der Waals surface area contributed by atoms with E-state index in [1.165, 1.54) is 6.08 Å². The molecular weight excluding hydrogens is 339 g/mol. The van der Waals surface area contributed by atoms with Gasteiger partial charge >= 0.3 is 0 Å². The third-order valence-electron chi connectivity index (χ3n) is 4.23. The van der Waals surface area contributed by atoms with Crippen LogP contribution in [-0.4, -0.2) is 19.5 Å². The van der Waals surface area contributed by atoms with Gasteiger partial charge in [-0.3, -0.25) is 0 Å². The average molecular weight is 358 g/mol. The van der Waals surface area contributed by atoms with Crippen LogP contribution in [0.5, 0.6) is 0 Å². The van der Waals surface area contributed by atoms with Crippen molar-refractivity contribution >= 4 is 21.6 Å². The molecule has 3 rings (SSSR count). The van der Waals surface area contributed by atoms with E-state index in [9.17, 15) is 12.8 Å². The first kappa shape index (κ1) is 17.4. The van der Waals surface area contributed by atoms with Crippen LogP contribution < -0.4 is 5.73 Å². The van der Waals surface area contributed by atoms with Crippen LogP contribution in [0.25, 0.3) is 22.0 Å². The Morgan fingerprint density at radius 3 is 2.68 bits per heavy atom. The minimum atomic E-state index is -2.66. The summed E-state index contributed by atoms with van der Waals surface area (Å²) < 4.78 is 38.6. The van der Waals surface area contributed by atoms with Gasteiger partial charge in [0.1, 0.15) is 5.83 Å². The minimum absolute atomic E-state index is 0.0963. The van der Waals surface area contributed by atoms with Crippen LogP contribution in [0, 0.1) is 6.92 Å². The maximum atomic E-state index is 14.1. The fourth-order valence-electron chi connectivity index (χ4n) is 3.12. The highest BCUT2D eigenvalue weighted by atomic mass is 32.2. The van der Waals surface area contributed by atoms with Gasteiger partial charge in [-0.2, -0.15) is 0 Å². The summed E-state index contributed by atoms with van der Waals surface area (Å²) in [6.07, 6.45) is 1.36. The number of nitrogens with two attached hydrogens (primary N) is 1. The summed E-state index contributed by atoms with van der Waals surface area (Å²) in [5.41, 5.74) is 8.87. The SMILES string of the molecule is Cc1c(-c2cccc([SH](=O)=O)c2)c2ccccc2n1C/C(F)=C/CN. The van der Waals surface area contributed by atoms with Gasteiger partial charge in [0.2, 0.25) is 0 Å². The van der Waals surface area contributed by atoms with Crippen LogP contribution in [0.4, 0.5) is 4.39 Å². The molecule has 0 saturated heterocycles. The van der Waals surface area contributed by atoms with Gasteiger partial charge in [-0.1, -0.05) is 30.3 Å².